The van der Waals surface area contributed by atoms with Crippen LogP contribution in [0.3, 0.4) is 0 Å². The first-order chi connectivity index (χ1) is 13.5. The summed E-state index contributed by atoms with van der Waals surface area (Å²) >= 11 is 3.66. The fraction of sp³-hybridized carbons (Fsp3) is 0.0870. The molecule has 1 N–H and O–H groups in total. The van der Waals surface area contributed by atoms with Gasteiger partial charge in [0, 0.05) is 28.2 Å². The van der Waals surface area contributed by atoms with Crippen LogP contribution in [-0.4, -0.2) is 15.6 Å². The molecule has 1 aromatic heterocycles. The van der Waals surface area contributed by atoms with Crippen molar-refractivity contribution in [2.45, 2.75) is 13.5 Å². The highest BCUT2D eigenvalue weighted by Crippen LogP contribution is 2.34. The lowest BCUT2D eigenvalue weighted by atomic mass is 10.1. The summed E-state index contributed by atoms with van der Waals surface area (Å²) < 4.78 is 9.19. The number of para-hydroxylation sites is 1. The maximum Gasteiger partial charge on any atom is 0.335 e. The number of halogens is 1. The third kappa shape index (κ3) is 3.66. The van der Waals surface area contributed by atoms with Crippen LogP contribution in [0.25, 0.3) is 10.9 Å². The van der Waals surface area contributed by atoms with Gasteiger partial charge in [-0.2, -0.15) is 0 Å². The molecule has 0 fully saturated rings. The summed E-state index contributed by atoms with van der Waals surface area (Å²) in [5, 5.41) is 10.2. The number of carboxylic acids is 1. The molecule has 140 valence electrons. The van der Waals surface area contributed by atoms with Gasteiger partial charge < -0.3 is 14.4 Å². The highest BCUT2D eigenvalue weighted by Gasteiger charge is 2.12. The van der Waals surface area contributed by atoms with Gasteiger partial charge in [-0.15, -0.1) is 0 Å². The molecule has 0 bridgehead atoms. The average Bonchev–Trinajstić information content (AvgIpc) is 2.99. The third-order valence-electron chi connectivity index (χ3n) is 4.67. The number of aromatic carboxylic acids is 1. The SMILES string of the molecule is Cc1cc2c(Br)cc(Oc3ccccc3)cc2n1Cc1ccc(C(=O)O)cc1. The van der Waals surface area contributed by atoms with Crippen LogP contribution in [0, 0.1) is 6.92 Å². The number of hydrogen-bond donors (Lipinski definition) is 1. The van der Waals surface area contributed by atoms with Crippen molar-refractivity contribution in [1.29, 1.82) is 0 Å². The molecule has 0 spiro atoms. The first-order valence-electron chi connectivity index (χ1n) is 8.86. The van der Waals surface area contributed by atoms with E-state index in [1.807, 2.05) is 54.6 Å². The van der Waals surface area contributed by atoms with Crippen molar-refractivity contribution in [3.05, 3.63) is 94.1 Å². The molecule has 0 atom stereocenters. The summed E-state index contributed by atoms with van der Waals surface area (Å²) in [4.78, 5) is 11.1. The number of hydrogen-bond acceptors (Lipinski definition) is 2. The first-order valence-corrected chi connectivity index (χ1v) is 9.65. The van der Waals surface area contributed by atoms with E-state index in [0.717, 1.165) is 38.1 Å². The third-order valence-corrected chi connectivity index (χ3v) is 5.33. The van der Waals surface area contributed by atoms with E-state index in [2.05, 4.69) is 33.5 Å². The minimum absolute atomic E-state index is 0.291. The van der Waals surface area contributed by atoms with Crippen LogP contribution in [0.15, 0.2) is 77.3 Å². The topological polar surface area (TPSA) is 51.5 Å². The Kier molecular flexibility index (Phi) is 4.92. The number of carboxylic acid groups (broad SMARTS) is 1. The van der Waals surface area contributed by atoms with Crippen LogP contribution < -0.4 is 4.74 Å². The average molecular weight is 436 g/mol. The molecule has 0 saturated heterocycles. The van der Waals surface area contributed by atoms with Crippen molar-refractivity contribution in [3.63, 3.8) is 0 Å². The Morgan fingerprint density at radius 1 is 1.00 bits per heavy atom. The molecule has 3 aromatic carbocycles. The van der Waals surface area contributed by atoms with Gasteiger partial charge in [0.25, 0.3) is 0 Å². The lowest BCUT2D eigenvalue weighted by Crippen LogP contribution is -2.03. The van der Waals surface area contributed by atoms with Crippen molar-refractivity contribution < 1.29 is 14.6 Å². The molecule has 4 aromatic rings. The Labute approximate surface area is 171 Å². The number of ether oxygens (including phenoxy) is 1. The molecule has 0 unspecified atom stereocenters. The zero-order valence-corrected chi connectivity index (χ0v) is 16.8. The second kappa shape index (κ2) is 7.52. The monoisotopic (exact) mass is 435 g/mol. The predicted molar refractivity (Wildman–Crippen MR) is 113 cm³/mol. The Bertz CT molecular complexity index is 1150. The summed E-state index contributed by atoms with van der Waals surface area (Å²) in [5.74, 6) is 0.625. The molecule has 0 saturated carbocycles. The van der Waals surface area contributed by atoms with Crippen LogP contribution in [0.1, 0.15) is 21.6 Å². The second-order valence-corrected chi connectivity index (χ2v) is 7.48. The van der Waals surface area contributed by atoms with Gasteiger partial charge in [0.05, 0.1) is 11.1 Å². The molecular formula is C23H18BrNO3. The van der Waals surface area contributed by atoms with Gasteiger partial charge in [0.2, 0.25) is 0 Å². The van der Waals surface area contributed by atoms with Crippen LogP contribution in [0.2, 0.25) is 0 Å². The normalized spacial score (nSPS) is 10.9. The standard InChI is InChI=1S/C23H18BrNO3/c1-15-11-20-21(24)12-19(28-18-5-3-2-4-6-18)13-22(20)25(15)14-16-7-9-17(10-8-16)23(26)27/h2-13H,14H2,1H3,(H,26,27). The second-order valence-electron chi connectivity index (χ2n) is 6.63. The summed E-state index contributed by atoms with van der Waals surface area (Å²) in [7, 11) is 0. The van der Waals surface area contributed by atoms with Gasteiger partial charge in [-0.05, 0) is 64.8 Å². The zero-order chi connectivity index (χ0) is 19.7. The lowest BCUT2D eigenvalue weighted by Gasteiger charge is -2.11. The molecule has 5 heteroatoms. The molecule has 0 aliphatic heterocycles. The quantitative estimate of drug-likeness (QED) is 0.402. The summed E-state index contributed by atoms with van der Waals surface area (Å²) in [6, 6.07) is 22.8. The minimum atomic E-state index is -0.916. The number of carbonyl (C=O) groups is 1. The molecule has 0 radical (unpaired) electrons. The molecule has 0 aliphatic carbocycles. The van der Waals surface area contributed by atoms with Crippen molar-refractivity contribution in [2.24, 2.45) is 0 Å². The number of rotatable bonds is 5. The summed E-state index contributed by atoms with van der Waals surface area (Å²) in [6.07, 6.45) is 0. The van der Waals surface area contributed by atoms with Crippen molar-refractivity contribution >= 4 is 32.8 Å². The van der Waals surface area contributed by atoms with E-state index in [0.29, 0.717) is 12.1 Å². The van der Waals surface area contributed by atoms with Gasteiger partial charge in [-0.25, -0.2) is 4.79 Å². The number of fused-ring (bicyclic) bond motifs is 1. The molecule has 0 aliphatic rings. The van der Waals surface area contributed by atoms with E-state index in [9.17, 15) is 4.79 Å². The Morgan fingerprint density at radius 3 is 2.39 bits per heavy atom. The van der Waals surface area contributed by atoms with E-state index < -0.39 is 5.97 Å². The fourth-order valence-electron chi connectivity index (χ4n) is 3.25. The van der Waals surface area contributed by atoms with Crippen molar-refractivity contribution in [3.8, 4) is 11.5 Å². The predicted octanol–water partition coefficient (Wildman–Crippen LogP) is 6.25. The number of aryl methyl sites for hydroxylation is 1. The van der Waals surface area contributed by atoms with Gasteiger partial charge >= 0.3 is 5.97 Å². The van der Waals surface area contributed by atoms with Crippen molar-refractivity contribution in [1.82, 2.24) is 4.57 Å². The molecule has 0 amide bonds. The molecular weight excluding hydrogens is 418 g/mol. The Balaban J connectivity index is 1.71. The van der Waals surface area contributed by atoms with E-state index in [-0.39, 0.29) is 0 Å². The van der Waals surface area contributed by atoms with E-state index >= 15 is 0 Å². The van der Waals surface area contributed by atoms with Gasteiger partial charge in [0.15, 0.2) is 0 Å². The fourth-order valence-corrected chi connectivity index (χ4v) is 3.79. The van der Waals surface area contributed by atoms with E-state index in [1.54, 1.807) is 12.1 Å². The number of aromatic nitrogens is 1. The molecule has 1 heterocycles. The minimum Gasteiger partial charge on any atom is -0.478 e. The van der Waals surface area contributed by atoms with Gasteiger partial charge in [0.1, 0.15) is 11.5 Å². The van der Waals surface area contributed by atoms with Crippen molar-refractivity contribution in [2.75, 3.05) is 0 Å². The Morgan fingerprint density at radius 2 is 1.71 bits per heavy atom. The van der Waals surface area contributed by atoms with E-state index in [4.69, 9.17) is 9.84 Å². The highest BCUT2D eigenvalue weighted by molar-refractivity contribution is 9.10. The lowest BCUT2D eigenvalue weighted by molar-refractivity contribution is 0.0697. The maximum atomic E-state index is 11.1. The van der Waals surface area contributed by atoms with Gasteiger partial charge in [-0.1, -0.05) is 30.3 Å². The highest BCUT2D eigenvalue weighted by atomic mass is 79.9. The van der Waals surface area contributed by atoms with E-state index in [1.165, 1.54) is 0 Å². The zero-order valence-electron chi connectivity index (χ0n) is 15.2. The summed E-state index contributed by atoms with van der Waals surface area (Å²) in [5.41, 5.74) is 3.50. The molecule has 4 nitrogen and oxygen atoms in total. The largest absolute Gasteiger partial charge is 0.478 e. The van der Waals surface area contributed by atoms with Gasteiger partial charge in [-0.3, -0.25) is 0 Å². The number of nitrogens with zero attached hydrogens (tertiary/aromatic N) is 1. The maximum absolute atomic E-state index is 11.1. The molecule has 28 heavy (non-hydrogen) atoms. The van der Waals surface area contributed by atoms with Crippen LogP contribution in [-0.2, 0) is 6.54 Å². The van der Waals surface area contributed by atoms with Crippen LogP contribution >= 0.6 is 15.9 Å². The first kappa shape index (κ1) is 18.3. The molecule has 4 rings (SSSR count). The van der Waals surface area contributed by atoms with Crippen LogP contribution in [0.5, 0.6) is 11.5 Å². The smallest absolute Gasteiger partial charge is 0.335 e. The summed E-state index contributed by atoms with van der Waals surface area (Å²) in [6.45, 7) is 2.71. The van der Waals surface area contributed by atoms with Crippen LogP contribution in [0.4, 0.5) is 0 Å². The number of benzene rings is 3. The Hall–Kier alpha value is -3.05.